The summed E-state index contributed by atoms with van der Waals surface area (Å²) in [5, 5.41) is 0.539. The van der Waals surface area contributed by atoms with E-state index in [1.54, 1.807) is 23.2 Å². The largest absolute Gasteiger partial charge is 0.451 e. The predicted octanol–water partition coefficient (Wildman–Crippen LogP) is 2.92. The number of nitrogens with zero attached hydrogens (tertiary/aromatic N) is 3. The first-order chi connectivity index (χ1) is 13.1. The highest BCUT2D eigenvalue weighted by atomic mass is 19.1. The van der Waals surface area contributed by atoms with Crippen LogP contribution in [0.1, 0.15) is 10.6 Å². The van der Waals surface area contributed by atoms with Gasteiger partial charge in [-0.1, -0.05) is 0 Å². The van der Waals surface area contributed by atoms with Crippen molar-refractivity contribution in [3.8, 4) is 5.75 Å². The van der Waals surface area contributed by atoms with E-state index in [1.165, 1.54) is 35.4 Å². The molecule has 27 heavy (non-hydrogen) atoms. The summed E-state index contributed by atoms with van der Waals surface area (Å²) in [4.78, 5) is 31.8. The third-order valence-electron chi connectivity index (χ3n) is 4.35. The number of rotatable bonds is 2. The van der Waals surface area contributed by atoms with Gasteiger partial charge < -0.3 is 19.0 Å². The zero-order valence-electron chi connectivity index (χ0n) is 14.3. The minimum absolute atomic E-state index is 0.155. The average Bonchev–Trinajstić information content (AvgIpc) is 3.11. The molecule has 3 aromatic rings. The molecule has 138 valence electrons. The molecule has 2 amide bonds. The minimum atomic E-state index is -0.477. The number of pyridine rings is 1. The van der Waals surface area contributed by atoms with Crippen LogP contribution in [0.4, 0.5) is 9.18 Å². The van der Waals surface area contributed by atoms with Gasteiger partial charge in [0.15, 0.2) is 11.5 Å². The summed E-state index contributed by atoms with van der Waals surface area (Å²) in [6, 6.07) is 8.96. The van der Waals surface area contributed by atoms with Gasteiger partial charge >= 0.3 is 6.09 Å². The molecule has 0 radical (unpaired) electrons. The SMILES string of the molecule is O=C(Oc1cccnc1)N1CCN(C(=O)c2cc3cc(F)ccc3o2)CC1. The standard InChI is InChI=1S/C19H16FN3O4/c20-14-3-4-16-13(10-14)11-17(27-16)18(24)22-6-8-23(9-7-22)19(25)26-15-2-1-5-21-12-15/h1-5,10-12H,6-9H2. The van der Waals surface area contributed by atoms with E-state index in [0.717, 1.165) is 0 Å². The molecule has 1 fully saturated rings. The number of carbonyl (C=O) groups is 2. The van der Waals surface area contributed by atoms with E-state index >= 15 is 0 Å². The highest BCUT2D eigenvalue weighted by Gasteiger charge is 2.27. The molecule has 0 spiro atoms. The number of fused-ring (bicyclic) bond motifs is 1. The number of aromatic nitrogens is 1. The second kappa shape index (κ2) is 7.06. The first-order valence-electron chi connectivity index (χ1n) is 8.45. The molecule has 1 aliphatic rings. The number of carbonyl (C=O) groups excluding carboxylic acids is 2. The Morgan fingerprint density at radius 1 is 1.07 bits per heavy atom. The Labute approximate surface area is 153 Å². The fourth-order valence-electron chi connectivity index (χ4n) is 2.94. The lowest BCUT2D eigenvalue weighted by Crippen LogP contribution is -2.51. The van der Waals surface area contributed by atoms with E-state index in [0.29, 0.717) is 42.9 Å². The zero-order valence-corrected chi connectivity index (χ0v) is 14.3. The Morgan fingerprint density at radius 2 is 1.85 bits per heavy atom. The van der Waals surface area contributed by atoms with Gasteiger partial charge in [-0.2, -0.15) is 0 Å². The van der Waals surface area contributed by atoms with E-state index in [4.69, 9.17) is 9.15 Å². The number of halogens is 1. The van der Waals surface area contributed by atoms with Gasteiger partial charge in [0.2, 0.25) is 0 Å². The first-order valence-corrected chi connectivity index (χ1v) is 8.45. The summed E-state index contributed by atoms with van der Waals surface area (Å²) in [6.45, 7) is 1.40. The molecule has 8 heteroatoms. The Balaban J connectivity index is 1.38. The molecule has 3 heterocycles. The molecule has 0 N–H and O–H groups in total. The number of benzene rings is 1. The molecule has 0 saturated carbocycles. The quantitative estimate of drug-likeness (QED) is 0.694. The van der Waals surface area contributed by atoms with Crippen LogP contribution in [0.5, 0.6) is 5.75 Å². The molecule has 0 bridgehead atoms. The van der Waals surface area contributed by atoms with Crippen molar-refractivity contribution in [3.63, 3.8) is 0 Å². The van der Waals surface area contributed by atoms with Crippen LogP contribution in [-0.2, 0) is 0 Å². The van der Waals surface area contributed by atoms with Gasteiger partial charge in [0.1, 0.15) is 11.4 Å². The van der Waals surface area contributed by atoms with Crippen molar-refractivity contribution in [2.45, 2.75) is 0 Å². The molecule has 0 atom stereocenters. The van der Waals surface area contributed by atoms with Crippen molar-refractivity contribution in [3.05, 3.63) is 60.4 Å². The van der Waals surface area contributed by atoms with Crippen molar-refractivity contribution in [1.82, 2.24) is 14.8 Å². The van der Waals surface area contributed by atoms with E-state index < -0.39 is 6.09 Å². The van der Waals surface area contributed by atoms with Gasteiger partial charge in [-0.3, -0.25) is 9.78 Å². The van der Waals surface area contributed by atoms with Crippen LogP contribution in [0.3, 0.4) is 0 Å². The summed E-state index contributed by atoms with van der Waals surface area (Å²) < 4.78 is 24.1. The molecule has 1 saturated heterocycles. The third kappa shape index (κ3) is 3.59. The number of hydrogen-bond donors (Lipinski definition) is 0. The molecule has 2 aromatic heterocycles. The molecule has 4 rings (SSSR count). The number of hydrogen-bond acceptors (Lipinski definition) is 5. The monoisotopic (exact) mass is 369 g/mol. The highest BCUT2D eigenvalue weighted by molar-refractivity contribution is 5.96. The Morgan fingerprint density at radius 3 is 2.59 bits per heavy atom. The molecule has 1 aromatic carbocycles. The lowest BCUT2D eigenvalue weighted by Gasteiger charge is -2.33. The minimum Gasteiger partial charge on any atom is -0.451 e. The van der Waals surface area contributed by atoms with Crippen LogP contribution in [0, 0.1) is 5.82 Å². The maximum atomic E-state index is 13.3. The van der Waals surface area contributed by atoms with Crippen LogP contribution in [0.15, 0.2) is 53.2 Å². The number of amides is 2. The van der Waals surface area contributed by atoms with Gasteiger partial charge in [-0.25, -0.2) is 9.18 Å². The second-order valence-corrected chi connectivity index (χ2v) is 6.13. The van der Waals surface area contributed by atoms with Gasteiger partial charge in [0, 0.05) is 37.8 Å². The lowest BCUT2D eigenvalue weighted by atomic mass is 10.2. The normalized spacial score (nSPS) is 14.4. The van der Waals surface area contributed by atoms with Crippen molar-refractivity contribution >= 4 is 23.0 Å². The number of furan rings is 1. The molecule has 0 aliphatic carbocycles. The predicted molar refractivity (Wildman–Crippen MR) is 93.9 cm³/mol. The smallest absolute Gasteiger partial charge is 0.415 e. The van der Waals surface area contributed by atoms with Crippen LogP contribution in [-0.4, -0.2) is 53.0 Å². The summed E-state index contributed by atoms with van der Waals surface area (Å²) in [7, 11) is 0. The molecular weight excluding hydrogens is 353 g/mol. The maximum Gasteiger partial charge on any atom is 0.415 e. The van der Waals surface area contributed by atoms with Crippen LogP contribution in [0.2, 0.25) is 0 Å². The van der Waals surface area contributed by atoms with Crippen LogP contribution < -0.4 is 4.74 Å². The van der Waals surface area contributed by atoms with Crippen molar-refractivity contribution in [2.75, 3.05) is 26.2 Å². The summed E-state index contributed by atoms with van der Waals surface area (Å²) >= 11 is 0. The van der Waals surface area contributed by atoms with E-state index in [-0.39, 0.29) is 17.5 Å². The fraction of sp³-hybridized carbons (Fsp3) is 0.211. The summed E-state index contributed by atoms with van der Waals surface area (Å²) in [5.74, 6) is -0.146. The van der Waals surface area contributed by atoms with E-state index in [2.05, 4.69) is 4.98 Å². The molecule has 7 nitrogen and oxygen atoms in total. The average molecular weight is 369 g/mol. The Kier molecular flexibility index (Phi) is 4.45. The topological polar surface area (TPSA) is 75.9 Å². The van der Waals surface area contributed by atoms with Gasteiger partial charge in [-0.05, 0) is 36.4 Å². The third-order valence-corrected chi connectivity index (χ3v) is 4.35. The van der Waals surface area contributed by atoms with E-state index in [9.17, 15) is 14.0 Å². The van der Waals surface area contributed by atoms with Crippen molar-refractivity contribution < 1.29 is 23.1 Å². The molecule has 0 unspecified atom stereocenters. The summed E-state index contributed by atoms with van der Waals surface area (Å²) in [6.07, 6.45) is 2.57. The van der Waals surface area contributed by atoms with Crippen LogP contribution >= 0.6 is 0 Å². The first kappa shape index (κ1) is 17.0. The molecule has 1 aliphatic heterocycles. The maximum absolute atomic E-state index is 13.3. The van der Waals surface area contributed by atoms with Gasteiger partial charge in [0.05, 0.1) is 6.20 Å². The highest BCUT2D eigenvalue weighted by Crippen LogP contribution is 2.22. The van der Waals surface area contributed by atoms with Crippen molar-refractivity contribution in [1.29, 1.82) is 0 Å². The van der Waals surface area contributed by atoms with Gasteiger partial charge in [0.25, 0.3) is 5.91 Å². The van der Waals surface area contributed by atoms with Crippen LogP contribution in [0.25, 0.3) is 11.0 Å². The van der Waals surface area contributed by atoms with Crippen molar-refractivity contribution in [2.24, 2.45) is 0 Å². The van der Waals surface area contributed by atoms with Gasteiger partial charge in [-0.15, -0.1) is 0 Å². The van der Waals surface area contributed by atoms with E-state index in [1.807, 2.05) is 0 Å². The number of piperazine rings is 1. The second-order valence-electron chi connectivity index (χ2n) is 6.13. The number of ether oxygens (including phenoxy) is 1. The Bertz CT molecular complexity index is 981. The zero-order chi connectivity index (χ0) is 18.8. The summed E-state index contributed by atoms with van der Waals surface area (Å²) in [5.41, 5.74) is 0.457. The fourth-order valence-corrected chi connectivity index (χ4v) is 2.94. The lowest BCUT2D eigenvalue weighted by molar-refractivity contribution is 0.0606. The molecular formula is C19H16FN3O4. The Hall–Kier alpha value is -3.42.